The number of hydrogen-bond acceptors (Lipinski definition) is 2. The van der Waals surface area contributed by atoms with Gasteiger partial charge < -0.3 is 9.47 Å². The maximum Gasteiger partial charge on any atom is 0.163 e. The minimum absolute atomic E-state index is 0.244. The van der Waals surface area contributed by atoms with Crippen LogP contribution < -0.4 is 9.47 Å². The van der Waals surface area contributed by atoms with Crippen molar-refractivity contribution >= 4 is 27.5 Å². The van der Waals surface area contributed by atoms with Crippen LogP contribution in [0.2, 0.25) is 5.02 Å². The van der Waals surface area contributed by atoms with Crippen LogP contribution >= 0.6 is 27.5 Å². The van der Waals surface area contributed by atoms with Gasteiger partial charge in [0, 0.05) is 22.2 Å². The number of benzene rings is 2. The van der Waals surface area contributed by atoms with Crippen LogP contribution in [0, 0.1) is 11.6 Å². The van der Waals surface area contributed by atoms with E-state index in [4.69, 9.17) is 21.1 Å². The molecule has 0 bridgehead atoms. The van der Waals surface area contributed by atoms with Crippen molar-refractivity contribution in [2.24, 2.45) is 0 Å². The molecule has 112 valence electrons. The third-order valence-corrected chi connectivity index (χ3v) is 4.23. The molecule has 2 nitrogen and oxygen atoms in total. The van der Waals surface area contributed by atoms with Gasteiger partial charge >= 0.3 is 0 Å². The monoisotopic (exact) mass is 376 g/mol. The molecule has 0 fully saturated rings. The molecule has 0 aliphatic carbocycles. The Morgan fingerprint density at radius 2 is 1.52 bits per heavy atom. The molecule has 0 saturated carbocycles. The smallest absolute Gasteiger partial charge is 0.163 e. The summed E-state index contributed by atoms with van der Waals surface area (Å²) in [6, 6.07) is 6.92. The second-order valence-corrected chi connectivity index (χ2v) is 5.61. The van der Waals surface area contributed by atoms with Gasteiger partial charge in [-0.2, -0.15) is 0 Å². The first-order valence-corrected chi connectivity index (χ1v) is 7.27. The van der Waals surface area contributed by atoms with Gasteiger partial charge in [0.25, 0.3) is 0 Å². The van der Waals surface area contributed by atoms with E-state index in [1.807, 2.05) is 0 Å². The average molecular weight is 378 g/mol. The summed E-state index contributed by atoms with van der Waals surface area (Å²) >= 11 is 9.03. The summed E-state index contributed by atoms with van der Waals surface area (Å²) in [6.45, 7) is 0. The molecule has 2 aromatic carbocycles. The highest BCUT2D eigenvalue weighted by molar-refractivity contribution is 9.09. The lowest BCUT2D eigenvalue weighted by atomic mass is 10.0. The van der Waals surface area contributed by atoms with Gasteiger partial charge in [-0.1, -0.05) is 33.6 Å². The summed E-state index contributed by atoms with van der Waals surface area (Å²) in [4.78, 5) is -0.672. The summed E-state index contributed by atoms with van der Waals surface area (Å²) in [5.41, 5.74) is 0.527. The second-order valence-electron chi connectivity index (χ2n) is 4.26. The molecule has 2 rings (SSSR count). The third kappa shape index (κ3) is 3.30. The van der Waals surface area contributed by atoms with Crippen LogP contribution in [0.15, 0.2) is 30.3 Å². The van der Waals surface area contributed by atoms with E-state index in [2.05, 4.69) is 15.9 Å². The van der Waals surface area contributed by atoms with E-state index in [9.17, 15) is 8.78 Å². The predicted molar refractivity (Wildman–Crippen MR) is 81.7 cm³/mol. The van der Waals surface area contributed by atoms with Crippen molar-refractivity contribution in [3.8, 4) is 11.5 Å². The number of alkyl halides is 1. The van der Waals surface area contributed by atoms with Gasteiger partial charge in [-0.3, -0.25) is 0 Å². The Balaban J connectivity index is 2.50. The third-order valence-electron chi connectivity index (χ3n) is 3.01. The predicted octanol–water partition coefficient (Wildman–Crippen LogP) is 5.12. The van der Waals surface area contributed by atoms with Crippen LogP contribution in [-0.2, 0) is 0 Å². The molecular formula is C15H12BrClF2O2. The highest BCUT2D eigenvalue weighted by Crippen LogP contribution is 2.39. The number of hydrogen-bond donors (Lipinski definition) is 0. The fourth-order valence-corrected chi connectivity index (χ4v) is 2.82. The molecular weight excluding hydrogens is 366 g/mol. The molecule has 0 aliphatic rings. The summed E-state index contributed by atoms with van der Waals surface area (Å²) < 4.78 is 38.3. The first kappa shape index (κ1) is 16.0. The van der Waals surface area contributed by atoms with E-state index in [0.29, 0.717) is 5.75 Å². The first-order chi connectivity index (χ1) is 9.97. The molecule has 0 aromatic heterocycles. The van der Waals surface area contributed by atoms with Gasteiger partial charge in [0.15, 0.2) is 11.5 Å². The lowest BCUT2D eigenvalue weighted by Gasteiger charge is -2.16. The van der Waals surface area contributed by atoms with E-state index < -0.39 is 16.5 Å². The largest absolute Gasteiger partial charge is 0.493 e. The van der Waals surface area contributed by atoms with Crippen LogP contribution in [0.5, 0.6) is 11.5 Å². The highest BCUT2D eigenvalue weighted by Gasteiger charge is 2.21. The molecule has 0 N–H and O–H groups in total. The van der Waals surface area contributed by atoms with Crippen molar-refractivity contribution in [3.63, 3.8) is 0 Å². The lowest BCUT2D eigenvalue weighted by molar-refractivity contribution is 0.351. The molecule has 0 radical (unpaired) electrons. The van der Waals surface area contributed by atoms with Gasteiger partial charge in [0.1, 0.15) is 11.6 Å². The normalized spacial score (nSPS) is 12.1. The van der Waals surface area contributed by atoms with E-state index in [0.717, 1.165) is 0 Å². The van der Waals surface area contributed by atoms with Gasteiger partial charge in [0.05, 0.1) is 19.0 Å². The molecule has 1 unspecified atom stereocenters. The zero-order valence-corrected chi connectivity index (χ0v) is 13.6. The van der Waals surface area contributed by atoms with Crippen molar-refractivity contribution in [2.45, 2.75) is 4.83 Å². The Hall–Kier alpha value is -1.33. The Morgan fingerprint density at radius 1 is 0.952 bits per heavy atom. The summed E-state index contributed by atoms with van der Waals surface area (Å²) in [7, 11) is 2.87. The highest BCUT2D eigenvalue weighted by atomic mass is 79.9. The topological polar surface area (TPSA) is 18.5 Å². The van der Waals surface area contributed by atoms with Crippen molar-refractivity contribution in [3.05, 3.63) is 58.1 Å². The minimum atomic E-state index is -0.672. The number of rotatable bonds is 4. The quantitative estimate of drug-likeness (QED) is 0.689. The Kier molecular flexibility index (Phi) is 5.06. The molecule has 1 atom stereocenters. The van der Waals surface area contributed by atoms with E-state index in [1.165, 1.54) is 38.5 Å². The van der Waals surface area contributed by atoms with E-state index in [-0.39, 0.29) is 21.9 Å². The van der Waals surface area contributed by atoms with Gasteiger partial charge in [-0.15, -0.1) is 0 Å². The molecule has 0 amide bonds. The van der Waals surface area contributed by atoms with Gasteiger partial charge in [0.2, 0.25) is 0 Å². The molecule has 0 aliphatic heterocycles. The molecule has 6 heteroatoms. The molecule has 0 saturated heterocycles. The zero-order valence-electron chi connectivity index (χ0n) is 11.3. The number of halogens is 4. The number of methoxy groups -OCH3 is 2. The summed E-state index contributed by atoms with van der Waals surface area (Å²) in [5.74, 6) is -0.398. The first-order valence-electron chi connectivity index (χ1n) is 5.98. The zero-order chi connectivity index (χ0) is 15.6. The molecule has 0 spiro atoms. The van der Waals surface area contributed by atoms with Crippen LogP contribution in [0.1, 0.15) is 16.0 Å². The number of ether oxygens (including phenoxy) is 2. The minimum Gasteiger partial charge on any atom is -0.493 e. The van der Waals surface area contributed by atoms with E-state index in [1.54, 1.807) is 6.07 Å². The van der Waals surface area contributed by atoms with Crippen LogP contribution in [-0.4, -0.2) is 14.2 Å². The maximum absolute atomic E-state index is 14.2. The van der Waals surface area contributed by atoms with E-state index >= 15 is 0 Å². The summed E-state index contributed by atoms with van der Waals surface area (Å²) in [6.07, 6.45) is 0. The van der Waals surface area contributed by atoms with Gasteiger partial charge in [-0.25, -0.2) is 8.78 Å². The molecule has 21 heavy (non-hydrogen) atoms. The summed E-state index contributed by atoms with van der Waals surface area (Å²) in [5, 5.41) is 0.281. The lowest BCUT2D eigenvalue weighted by Crippen LogP contribution is -2.02. The van der Waals surface area contributed by atoms with Crippen LogP contribution in [0.25, 0.3) is 0 Å². The van der Waals surface area contributed by atoms with Crippen LogP contribution in [0.4, 0.5) is 8.78 Å². The average Bonchev–Trinajstić information content (AvgIpc) is 2.46. The fraction of sp³-hybridized carbons (Fsp3) is 0.200. The maximum atomic E-state index is 14.2. The van der Waals surface area contributed by atoms with Crippen molar-refractivity contribution in [1.82, 2.24) is 0 Å². The fourth-order valence-electron chi connectivity index (χ4n) is 1.94. The van der Waals surface area contributed by atoms with Gasteiger partial charge in [-0.05, 0) is 18.2 Å². The van der Waals surface area contributed by atoms with Crippen molar-refractivity contribution in [1.29, 1.82) is 0 Å². The molecule has 2 aromatic rings. The second kappa shape index (κ2) is 6.62. The standard InChI is InChI=1S/C15H12BrClF2O2/c1-20-13-6-10(12(19)7-14(13)21-2)15(16)9-4-3-8(17)5-11(9)18/h3-7,15H,1-2H3. The Bertz CT molecular complexity index is 664. The SMILES string of the molecule is COc1cc(F)c(C(Br)c2ccc(Cl)cc2F)cc1OC. The van der Waals surface area contributed by atoms with Crippen LogP contribution in [0.3, 0.4) is 0 Å². The molecule has 0 heterocycles. The van der Waals surface area contributed by atoms with Crippen molar-refractivity contribution < 1.29 is 18.3 Å². The Labute approximate surface area is 134 Å². The Morgan fingerprint density at radius 3 is 2.10 bits per heavy atom. The van der Waals surface area contributed by atoms with Crippen molar-refractivity contribution in [2.75, 3.05) is 14.2 Å².